The van der Waals surface area contributed by atoms with Crippen LogP contribution in [-0.2, 0) is 14.2 Å². The molecule has 0 bridgehead atoms. The van der Waals surface area contributed by atoms with Crippen LogP contribution in [0.2, 0.25) is 0 Å². The summed E-state index contributed by atoms with van der Waals surface area (Å²) in [7, 11) is -0.569. The maximum Gasteiger partial charge on any atom is 0.635 e. The van der Waals surface area contributed by atoms with Crippen LogP contribution in [0.3, 0.4) is 0 Å². The summed E-state index contributed by atoms with van der Waals surface area (Å²) in [6.07, 6.45) is -1.43. The Labute approximate surface area is 164 Å². The van der Waals surface area contributed by atoms with Gasteiger partial charge in [-0.05, 0) is 18.1 Å². The Morgan fingerprint density at radius 1 is 1.25 bits per heavy atom. The topological polar surface area (TPSA) is 97.3 Å². The summed E-state index contributed by atoms with van der Waals surface area (Å²) < 4.78 is 16.2. The SMILES string of the molecule is CO[C@@H](C(=O)N[C@@H](CC1COc2c(C)cccc21)OB(O)O)c1ccccc1. The molecule has 1 unspecified atom stereocenters. The lowest BCUT2D eigenvalue weighted by Crippen LogP contribution is -2.44. The molecule has 148 valence electrons. The summed E-state index contributed by atoms with van der Waals surface area (Å²) in [5, 5.41) is 21.3. The molecule has 0 aromatic heterocycles. The number of amides is 1. The van der Waals surface area contributed by atoms with E-state index < -0.39 is 25.6 Å². The second-order valence-corrected chi connectivity index (χ2v) is 6.72. The molecule has 3 rings (SSSR count). The van der Waals surface area contributed by atoms with Crippen LogP contribution in [0.25, 0.3) is 0 Å². The largest absolute Gasteiger partial charge is 0.635 e. The van der Waals surface area contributed by atoms with Gasteiger partial charge in [0.25, 0.3) is 5.91 Å². The van der Waals surface area contributed by atoms with Gasteiger partial charge in [0.1, 0.15) is 12.0 Å². The summed E-state index contributed by atoms with van der Waals surface area (Å²) >= 11 is 0. The number of carbonyl (C=O) groups excluding carboxylic acids is 1. The molecule has 0 aliphatic carbocycles. The molecule has 28 heavy (non-hydrogen) atoms. The third kappa shape index (κ3) is 4.71. The first-order valence-corrected chi connectivity index (χ1v) is 9.11. The van der Waals surface area contributed by atoms with E-state index in [9.17, 15) is 14.8 Å². The molecule has 2 aromatic rings. The average molecular weight is 385 g/mol. The lowest BCUT2D eigenvalue weighted by molar-refractivity contribution is -0.134. The molecule has 2 aromatic carbocycles. The number of hydrogen-bond donors (Lipinski definition) is 3. The van der Waals surface area contributed by atoms with Crippen LogP contribution in [0, 0.1) is 6.92 Å². The number of benzene rings is 2. The van der Waals surface area contributed by atoms with E-state index in [0.717, 1.165) is 16.9 Å². The van der Waals surface area contributed by atoms with Crippen LogP contribution in [-0.4, -0.2) is 43.2 Å². The Hall–Kier alpha value is -2.39. The zero-order chi connectivity index (χ0) is 20.1. The van der Waals surface area contributed by atoms with Gasteiger partial charge in [0.15, 0.2) is 6.10 Å². The Bertz CT molecular complexity index is 801. The van der Waals surface area contributed by atoms with E-state index in [1.807, 2.05) is 43.3 Å². The molecular weight excluding hydrogens is 361 g/mol. The third-order valence-corrected chi connectivity index (χ3v) is 4.78. The monoisotopic (exact) mass is 385 g/mol. The van der Waals surface area contributed by atoms with Crippen LogP contribution in [0.4, 0.5) is 0 Å². The molecule has 0 saturated heterocycles. The molecule has 3 atom stereocenters. The van der Waals surface area contributed by atoms with Crippen LogP contribution in [0.5, 0.6) is 5.75 Å². The van der Waals surface area contributed by atoms with Crippen molar-refractivity contribution in [2.24, 2.45) is 0 Å². The third-order valence-electron chi connectivity index (χ3n) is 4.78. The predicted molar refractivity (Wildman–Crippen MR) is 103 cm³/mol. The van der Waals surface area contributed by atoms with Gasteiger partial charge in [-0.1, -0.05) is 48.5 Å². The van der Waals surface area contributed by atoms with Crippen molar-refractivity contribution in [3.8, 4) is 5.75 Å². The van der Waals surface area contributed by atoms with Gasteiger partial charge in [-0.2, -0.15) is 0 Å². The Balaban J connectivity index is 1.73. The molecule has 7 nitrogen and oxygen atoms in total. The predicted octanol–water partition coefficient (Wildman–Crippen LogP) is 1.68. The lowest BCUT2D eigenvalue weighted by atomic mass is 9.95. The minimum atomic E-state index is -2.01. The molecular formula is C20H24BNO6. The fourth-order valence-corrected chi connectivity index (χ4v) is 3.47. The number of para-hydroxylation sites is 1. The minimum absolute atomic E-state index is 0.0447. The van der Waals surface area contributed by atoms with E-state index in [1.165, 1.54) is 7.11 Å². The van der Waals surface area contributed by atoms with Crippen LogP contribution in [0.15, 0.2) is 48.5 Å². The zero-order valence-corrected chi connectivity index (χ0v) is 15.9. The van der Waals surface area contributed by atoms with E-state index in [1.54, 1.807) is 12.1 Å². The molecule has 3 N–H and O–H groups in total. The smallest absolute Gasteiger partial charge is 0.492 e. The van der Waals surface area contributed by atoms with Crippen molar-refractivity contribution in [1.82, 2.24) is 5.32 Å². The number of carbonyl (C=O) groups is 1. The maximum atomic E-state index is 12.7. The molecule has 1 aliphatic heterocycles. The van der Waals surface area contributed by atoms with Gasteiger partial charge in [0, 0.05) is 25.0 Å². The Morgan fingerprint density at radius 2 is 2.00 bits per heavy atom. The van der Waals surface area contributed by atoms with E-state index in [0.29, 0.717) is 18.6 Å². The molecule has 0 spiro atoms. The number of methoxy groups -OCH3 is 1. The van der Waals surface area contributed by atoms with Crippen LogP contribution < -0.4 is 10.1 Å². The van der Waals surface area contributed by atoms with E-state index in [-0.39, 0.29) is 5.92 Å². The van der Waals surface area contributed by atoms with Crippen molar-refractivity contribution in [2.45, 2.75) is 31.6 Å². The summed E-state index contributed by atoms with van der Waals surface area (Å²) in [6, 6.07) is 14.9. The summed E-state index contributed by atoms with van der Waals surface area (Å²) in [6.45, 7) is 2.40. The van der Waals surface area contributed by atoms with Crippen molar-refractivity contribution in [3.63, 3.8) is 0 Å². The highest BCUT2D eigenvalue weighted by molar-refractivity contribution is 6.32. The fraction of sp³-hybridized carbons (Fsp3) is 0.350. The molecule has 0 saturated carbocycles. The van der Waals surface area contributed by atoms with E-state index in [4.69, 9.17) is 14.1 Å². The number of hydrogen-bond acceptors (Lipinski definition) is 6. The number of nitrogens with one attached hydrogen (secondary N) is 1. The summed E-state index contributed by atoms with van der Waals surface area (Å²) in [5.41, 5.74) is 2.74. The second kappa shape index (κ2) is 9.21. The van der Waals surface area contributed by atoms with Crippen molar-refractivity contribution >= 4 is 13.2 Å². The van der Waals surface area contributed by atoms with Gasteiger partial charge in [-0.3, -0.25) is 4.79 Å². The summed E-state index contributed by atoms with van der Waals surface area (Å²) in [4.78, 5) is 12.7. The molecule has 0 fully saturated rings. The number of ether oxygens (including phenoxy) is 2. The number of fused-ring (bicyclic) bond motifs is 1. The van der Waals surface area contributed by atoms with Gasteiger partial charge in [-0.15, -0.1) is 0 Å². The fourth-order valence-electron chi connectivity index (χ4n) is 3.47. The van der Waals surface area contributed by atoms with Crippen LogP contribution >= 0.6 is 0 Å². The maximum absolute atomic E-state index is 12.7. The standard InChI is InChI=1S/C20H24BNO6/c1-13-7-6-10-16-15(12-27-18(13)16)11-17(28-21(24)25)22-20(23)19(26-2)14-8-4-3-5-9-14/h3-10,15,17,19,24-25H,11-12H2,1-2H3,(H,22,23)/t15?,17-,19-/m1/s1. The highest BCUT2D eigenvalue weighted by atomic mass is 16.6. The highest BCUT2D eigenvalue weighted by Crippen LogP contribution is 2.38. The highest BCUT2D eigenvalue weighted by Gasteiger charge is 2.32. The van der Waals surface area contributed by atoms with Crippen LogP contribution in [0.1, 0.15) is 35.1 Å². The molecule has 8 heteroatoms. The minimum Gasteiger partial charge on any atom is -0.492 e. The van der Waals surface area contributed by atoms with Crippen molar-refractivity contribution in [3.05, 3.63) is 65.2 Å². The molecule has 0 radical (unpaired) electrons. The van der Waals surface area contributed by atoms with Gasteiger partial charge >= 0.3 is 7.32 Å². The van der Waals surface area contributed by atoms with Crippen molar-refractivity contribution in [1.29, 1.82) is 0 Å². The zero-order valence-electron chi connectivity index (χ0n) is 15.9. The first-order chi connectivity index (χ1) is 13.5. The Morgan fingerprint density at radius 3 is 2.68 bits per heavy atom. The first-order valence-electron chi connectivity index (χ1n) is 9.11. The summed E-state index contributed by atoms with van der Waals surface area (Å²) in [5.74, 6) is 0.362. The van der Waals surface area contributed by atoms with E-state index >= 15 is 0 Å². The quantitative estimate of drug-likeness (QED) is 0.473. The lowest BCUT2D eigenvalue weighted by Gasteiger charge is -2.24. The van der Waals surface area contributed by atoms with Crippen molar-refractivity contribution < 1.29 is 29.0 Å². The number of rotatable bonds is 8. The van der Waals surface area contributed by atoms with Gasteiger partial charge in [-0.25, -0.2) is 0 Å². The van der Waals surface area contributed by atoms with E-state index in [2.05, 4.69) is 5.32 Å². The van der Waals surface area contributed by atoms with Gasteiger partial charge in [0.2, 0.25) is 0 Å². The first kappa shape index (κ1) is 20.4. The molecule has 1 amide bonds. The average Bonchev–Trinajstić information content (AvgIpc) is 3.07. The second-order valence-electron chi connectivity index (χ2n) is 6.72. The number of aryl methyl sites for hydroxylation is 1. The normalized spacial score (nSPS) is 17.4. The van der Waals surface area contributed by atoms with Gasteiger partial charge < -0.3 is 29.5 Å². The van der Waals surface area contributed by atoms with Gasteiger partial charge in [0.05, 0.1) is 6.61 Å². The molecule has 1 aliphatic rings. The van der Waals surface area contributed by atoms with Crippen molar-refractivity contribution in [2.75, 3.05) is 13.7 Å². The Kier molecular flexibility index (Phi) is 6.69. The molecule has 1 heterocycles.